The zero-order valence-electron chi connectivity index (χ0n) is 16.7. The summed E-state index contributed by atoms with van der Waals surface area (Å²) in [7, 11) is 1.55. The van der Waals surface area contributed by atoms with E-state index in [1.165, 1.54) is 16.2 Å². The molecule has 0 bridgehead atoms. The maximum atomic E-state index is 13.3. The van der Waals surface area contributed by atoms with Crippen LogP contribution in [0.3, 0.4) is 0 Å². The molecule has 0 N–H and O–H groups in total. The van der Waals surface area contributed by atoms with Gasteiger partial charge in [-0.2, -0.15) is 0 Å². The van der Waals surface area contributed by atoms with Gasteiger partial charge in [-0.25, -0.2) is 0 Å². The van der Waals surface area contributed by atoms with Crippen molar-refractivity contribution in [1.82, 2.24) is 10.2 Å². The number of carbonyl (C=O) groups is 3. The molecule has 7 nitrogen and oxygen atoms in total. The lowest BCUT2D eigenvalue weighted by molar-refractivity contribution is -0.135. The van der Waals surface area contributed by atoms with Gasteiger partial charge in [0.1, 0.15) is 16.7 Å². The average Bonchev–Trinajstić information content (AvgIpc) is 3.29. The number of aryl methyl sites for hydroxylation is 2. The predicted molar refractivity (Wildman–Crippen MR) is 112 cm³/mol. The van der Waals surface area contributed by atoms with Crippen molar-refractivity contribution in [3.05, 3.63) is 70.2 Å². The van der Waals surface area contributed by atoms with Crippen LogP contribution in [0.4, 0.5) is 5.13 Å². The number of hydrogen-bond donors (Lipinski definition) is 0. The van der Waals surface area contributed by atoms with Gasteiger partial charge in [-0.15, -0.1) is 10.2 Å². The van der Waals surface area contributed by atoms with E-state index in [9.17, 15) is 14.4 Å². The lowest BCUT2D eigenvalue weighted by atomic mass is 9.86. The highest BCUT2D eigenvalue weighted by Crippen LogP contribution is 2.42. The summed E-state index contributed by atoms with van der Waals surface area (Å²) in [5.74, 6) is -2.42. The maximum Gasteiger partial charge on any atom is 0.297 e. The summed E-state index contributed by atoms with van der Waals surface area (Å²) in [6.45, 7) is 3.68. The Morgan fingerprint density at radius 3 is 2.23 bits per heavy atom. The van der Waals surface area contributed by atoms with Crippen LogP contribution in [0.1, 0.15) is 32.5 Å². The van der Waals surface area contributed by atoms with Crippen LogP contribution < -0.4 is 9.64 Å². The highest BCUT2D eigenvalue weighted by molar-refractivity contribution is 7.15. The van der Waals surface area contributed by atoms with Crippen molar-refractivity contribution in [3.8, 4) is 5.75 Å². The van der Waals surface area contributed by atoms with Gasteiger partial charge in [0.05, 0.1) is 13.2 Å². The van der Waals surface area contributed by atoms with E-state index in [1.807, 2.05) is 19.1 Å². The first-order valence-corrected chi connectivity index (χ1v) is 10.1. The molecule has 1 aliphatic heterocycles. The fourth-order valence-electron chi connectivity index (χ4n) is 3.56. The monoisotopic (exact) mass is 421 g/mol. The first-order valence-electron chi connectivity index (χ1n) is 9.33. The highest BCUT2D eigenvalue weighted by atomic mass is 32.1. The van der Waals surface area contributed by atoms with Crippen molar-refractivity contribution in [2.24, 2.45) is 5.92 Å². The standard InChI is InChI=1S/C22H19N3O4S/c1-12-4-6-15(7-5-12)19(26)17-18(14-8-10-16(29-3)11-9-14)25(21(28)20(17)27)22-24-23-13(2)30-22/h4-11,17-18H,1-3H3. The van der Waals surface area contributed by atoms with Gasteiger partial charge in [-0.1, -0.05) is 53.3 Å². The van der Waals surface area contributed by atoms with Crippen LogP contribution in [0, 0.1) is 19.8 Å². The molecule has 1 saturated heterocycles. The maximum absolute atomic E-state index is 13.3. The van der Waals surface area contributed by atoms with Crippen molar-refractivity contribution >= 4 is 33.9 Å². The third-order valence-corrected chi connectivity index (χ3v) is 5.94. The zero-order valence-corrected chi connectivity index (χ0v) is 17.5. The summed E-state index contributed by atoms with van der Waals surface area (Å²) in [5, 5.41) is 8.98. The number of rotatable bonds is 5. The minimum atomic E-state index is -1.17. The number of Topliss-reactive ketones (excluding diaryl/α,β-unsaturated/α-hetero) is 2. The topological polar surface area (TPSA) is 89.5 Å². The number of carbonyl (C=O) groups excluding carboxylic acids is 3. The summed E-state index contributed by atoms with van der Waals surface area (Å²) < 4.78 is 5.21. The lowest BCUT2D eigenvalue weighted by Gasteiger charge is -2.25. The van der Waals surface area contributed by atoms with Gasteiger partial charge < -0.3 is 4.74 Å². The van der Waals surface area contributed by atoms with Crippen molar-refractivity contribution in [3.63, 3.8) is 0 Å². The first-order chi connectivity index (χ1) is 14.4. The van der Waals surface area contributed by atoms with Crippen molar-refractivity contribution in [1.29, 1.82) is 0 Å². The Morgan fingerprint density at radius 1 is 1.00 bits per heavy atom. The quantitative estimate of drug-likeness (QED) is 0.357. The number of hydrogen-bond acceptors (Lipinski definition) is 7. The normalized spacial score (nSPS) is 18.7. The molecule has 0 aliphatic carbocycles. The van der Waals surface area contributed by atoms with Gasteiger partial charge in [-0.05, 0) is 31.5 Å². The Hall–Kier alpha value is -3.39. The molecule has 30 heavy (non-hydrogen) atoms. The van der Waals surface area contributed by atoms with Crippen molar-refractivity contribution < 1.29 is 19.1 Å². The minimum Gasteiger partial charge on any atom is -0.497 e. The Labute approximate surface area is 177 Å². The van der Waals surface area contributed by atoms with E-state index in [0.29, 0.717) is 27.0 Å². The summed E-state index contributed by atoms with van der Waals surface area (Å²) in [6.07, 6.45) is 0. The first kappa shape index (κ1) is 19.9. The van der Waals surface area contributed by atoms with Gasteiger partial charge >= 0.3 is 0 Å². The second kappa shape index (κ2) is 7.79. The van der Waals surface area contributed by atoms with E-state index < -0.39 is 29.4 Å². The van der Waals surface area contributed by atoms with Gasteiger partial charge in [0.2, 0.25) is 10.9 Å². The van der Waals surface area contributed by atoms with Crippen molar-refractivity contribution in [2.45, 2.75) is 19.9 Å². The number of amides is 1. The number of anilines is 1. The molecule has 0 spiro atoms. The van der Waals surface area contributed by atoms with E-state index in [-0.39, 0.29) is 0 Å². The molecule has 3 aromatic rings. The van der Waals surface area contributed by atoms with Crippen LogP contribution in [0.5, 0.6) is 5.75 Å². The van der Waals surface area contributed by atoms with Crippen LogP contribution in [0.25, 0.3) is 0 Å². The highest BCUT2D eigenvalue weighted by Gasteiger charge is 2.53. The number of benzene rings is 2. The third-order valence-electron chi connectivity index (χ3n) is 5.10. The number of nitrogens with zero attached hydrogens (tertiary/aromatic N) is 3. The Balaban J connectivity index is 1.83. The molecule has 1 aliphatic rings. The number of ether oxygens (including phenoxy) is 1. The van der Waals surface area contributed by atoms with Crippen LogP contribution >= 0.6 is 11.3 Å². The summed E-state index contributed by atoms with van der Waals surface area (Å²) in [5.41, 5.74) is 2.03. The molecule has 1 fully saturated rings. The summed E-state index contributed by atoms with van der Waals surface area (Å²) in [4.78, 5) is 40.6. The van der Waals surface area contributed by atoms with Crippen LogP contribution in [0.2, 0.25) is 0 Å². The Morgan fingerprint density at radius 2 is 1.67 bits per heavy atom. The van der Waals surface area contributed by atoms with Gasteiger partial charge in [-0.3, -0.25) is 19.3 Å². The number of ketones is 2. The Kier molecular flexibility index (Phi) is 5.17. The molecule has 2 heterocycles. The molecule has 1 aromatic heterocycles. The van der Waals surface area contributed by atoms with Crippen molar-refractivity contribution in [2.75, 3.05) is 12.0 Å². The van der Waals surface area contributed by atoms with Crippen LogP contribution in [-0.4, -0.2) is 34.8 Å². The molecule has 8 heteroatoms. The molecule has 152 valence electrons. The summed E-state index contributed by atoms with van der Waals surface area (Å²) >= 11 is 1.20. The molecular formula is C22H19N3O4S. The minimum absolute atomic E-state index is 0.297. The molecule has 2 unspecified atom stereocenters. The van der Waals surface area contributed by atoms with E-state index in [1.54, 1.807) is 50.4 Å². The smallest absolute Gasteiger partial charge is 0.297 e. The Bertz CT molecular complexity index is 1120. The van der Waals surface area contributed by atoms with Gasteiger partial charge in [0.25, 0.3) is 5.91 Å². The largest absolute Gasteiger partial charge is 0.497 e. The predicted octanol–water partition coefficient (Wildman–Crippen LogP) is 3.32. The van der Waals surface area contributed by atoms with E-state index in [0.717, 1.165) is 5.56 Å². The van der Waals surface area contributed by atoms with E-state index >= 15 is 0 Å². The number of methoxy groups -OCH3 is 1. The zero-order chi connectivity index (χ0) is 21.4. The summed E-state index contributed by atoms with van der Waals surface area (Å²) in [6, 6.07) is 13.1. The van der Waals surface area contributed by atoms with Gasteiger partial charge in [0.15, 0.2) is 5.78 Å². The second-order valence-electron chi connectivity index (χ2n) is 7.07. The number of aromatic nitrogens is 2. The molecule has 1 amide bonds. The molecule has 2 atom stereocenters. The van der Waals surface area contributed by atoms with Gasteiger partial charge in [0, 0.05) is 5.56 Å². The molecular weight excluding hydrogens is 402 g/mol. The SMILES string of the molecule is COc1ccc(C2C(C(=O)c3ccc(C)cc3)C(=O)C(=O)N2c2nnc(C)s2)cc1. The second-order valence-corrected chi connectivity index (χ2v) is 8.23. The molecule has 4 rings (SSSR count). The van der Waals surface area contributed by atoms with Crippen LogP contribution in [-0.2, 0) is 9.59 Å². The molecule has 0 saturated carbocycles. The molecule has 2 aromatic carbocycles. The lowest BCUT2D eigenvalue weighted by Crippen LogP contribution is -2.30. The van der Waals surface area contributed by atoms with Crippen LogP contribution in [0.15, 0.2) is 48.5 Å². The molecule has 0 radical (unpaired) electrons. The average molecular weight is 421 g/mol. The third kappa shape index (κ3) is 3.39. The fourth-order valence-corrected chi connectivity index (χ4v) is 4.28. The fraction of sp³-hybridized carbons (Fsp3) is 0.227. The van der Waals surface area contributed by atoms with E-state index in [2.05, 4.69) is 10.2 Å². The van der Waals surface area contributed by atoms with E-state index in [4.69, 9.17) is 4.74 Å².